The van der Waals surface area contributed by atoms with Gasteiger partial charge in [0.25, 0.3) is 0 Å². The monoisotopic (exact) mass is 383 g/mol. The van der Waals surface area contributed by atoms with Crippen molar-refractivity contribution in [1.29, 1.82) is 0 Å². The third-order valence-corrected chi connectivity index (χ3v) is 5.55. The molecule has 6 heteroatoms. The number of benzene rings is 1. The number of nitrogens with one attached hydrogen (secondary N) is 1. The van der Waals surface area contributed by atoms with Gasteiger partial charge in [0.2, 0.25) is 5.91 Å². The molecule has 1 fully saturated rings. The highest BCUT2D eigenvalue weighted by molar-refractivity contribution is 5.93. The zero-order chi connectivity index (χ0) is 20.1. The second-order valence-corrected chi connectivity index (χ2v) is 7.83. The van der Waals surface area contributed by atoms with Gasteiger partial charge in [0.1, 0.15) is 5.82 Å². The van der Waals surface area contributed by atoms with Crippen molar-refractivity contribution in [3.05, 3.63) is 47.0 Å². The number of carbonyl (C=O) groups excluding carboxylic acids is 1. The maximum absolute atomic E-state index is 12.5. The highest BCUT2D eigenvalue weighted by Crippen LogP contribution is 2.21. The van der Waals surface area contributed by atoms with Gasteiger partial charge in [-0.2, -0.15) is 0 Å². The van der Waals surface area contributed by atoms with E-state index in [-0.39, 0.29) is 5.91 Å². The number of nitrogens with zero attached hydrogens (tertiary/aromatic N) is 4. The van der Waals surface area contributed by atoms with Crippen LogP contribution in [0.3, 0.4) is 0 Å². The molecule has 0 radical (unpaired) electrons. The van der Waals surface area contributed by atoms with Gasteiger partial charge in [0.15, 0.2) is 0 Å². The van der Waals surface area contributed by atoms with Crippen LogP contribution < -0.4 is 5.32 Å². The molecule has 1 saturated heterocycles. The highest BCUT2D eigenvalue weighted by Gasteiger charge is 2.19. The van der Waals surface area contributed by atoms with E-state index >= 15 is 0 Å². The predicted molar refractivity (Wildman–Crippen MR) is 114 cm³/mol. The Hall–Kier alpha value is -2.18. The van der Waals surface area contributed by atoms with Crippen LogP contribution in [0.2, 0.25) is 0 Å². The lowest BCUT2D eigenvalue weighted by molar-refractivity contribution is -0.117. The van der Waals surface area contributed by atoms with E-state index < -0.39 is 0 Å². The molecule has 1 N–H and O–H groups in total. The van der Waals surface area contributed by atoms with Gasteiger partial charge in [-0.05, 0) is 31.9 Å². The highest BCUT2D eigenvalue weighted by atomic mass is 16.2. The van der Waals surface area contributed by atoms with Crippen molar-refractivity contribution in [2.75, 3.05) is 44.6 Å². The summed E-state index contributed by atoms with van der Waals surface area (Å²) in [4.78, 5) is 21.6. The normalized spacial score (nSPS) is 15.7. The molecule has 0 unspecified atom stereocenters. The van der Waals surface area contributed by atoms with Crippen molar-refractivity contribution in [2.24, 2.45) is 0 Å². The van der Waals surface area contributed by atoms with Gasteiger partial charge in [-0.1, -0.05) is 24.6 Å². The fourth-order valence-corrected chi connectivity index (χ4v) is 4.04. The Bertz CT molecular complexity index is 782. The summed E-state index contributed by atoms with van der Waals surface area (Å²) in [5, 5.41) is 3.12. The number of aromatic nitrogens is 2. The first-order chi connectivity index (χ1) is 13.5. The van der Waals surface area contributed by atoms with Crippen LogP contribution in [0.5, 0.6) is 0 Å². The lowest BCUT2D eigenvalue weighted by Gasteiger charge is -2.34. The van der Waals surface area contributed by atoms with E-state index in [1.165, 1.54) is 5.56 Å². The Morgan fingerprint density at radius 1 is 1.04 bits per heavy atom. The molecule has 2 aromatic rings. The van der Waals surface area contributed by atoms with E-state index in [0.29, 0.717) is 6.54 Å². The quantitative estimate of drug-likeness (QED) is 0.799. The van der Waals surface area contributed by atoms with Crippen molar-refractivity contribution in [1.82, 2.24) is 19.4 Å². The number of carbonyl (C=O) groups is 1. The SMILES string of the molecule is CCc1nccn1CCN1CCN(CC(=O)Nc2c(C)cc(C)cc2C)CC1. The Balaban J connectivity index is 1.43. The van der Waals surface area contributed by atoms with Gasteiger partial charge in [0.05, 0.1) is 6.54 Å². The number of hydrogen-bond donors (Lipinski definition) is 1. The molecule has 2 heterocycles. The Morgan fingerprint density at radius 3 is 2.32 bits per heavy atom. The Labute approximate surface area is 168 Å². The lowest BCUT2D eigenvalue weighted by atomic mass is 10.1. The molecule has 0 aliphatic carbocycles. The zero-order valence-electron chi connectivity index (χ0n) is 17.7. The van der Waals surface area contributed by atoms with Crippen molar-refractivity contribution in [2.45, 2.75) is 40.7 Å². The molecule has 1 aliphatic rings. The van der Waals surface area contributed by atoms with E-state index in [9.17, 15) is 4.79 Å². The van der Waals surface area contributed by atoms with Gasteiger partial charge >= 0.3 is 0 Å². The fourth-order valence-electron chi connectivity index (χ4n) is 4.04. The van der Waals surface area contributed by atoms with Crippen LogP contribution in [0.1, 0.15) is 29.4 Å². The zero-order valence-corrected chi connectivity index (χ0v) is 17.7. The van der Waals surface area contributed by atoms with Crippen LogP contribution in [0.15, 0.2) is 24.5 Å². The maximum Gasteiger partial charge on any atom is 0.238 e. The Kier molecular flexibility index (Phi) is 6.86. The molecule has 0 saturated carbocycles. The molecular formula is C22H33N5O. The van der Waals surface area contributed by atoms with E-state index in [0.717, 1.165) is 68.3 Å². The predicted octanol–water partition coefficient (Wildman–Crippen LogP) is 2.63. The van der Waals surface area contributed by atoms with Crippen molar-refractivity contribution in [3.63, 3.8) is 0 Å². The second kappa shape index (κ2) is 9.34. The number of hydrogen-bond acceptors (Lipinski definition) is 4. The minimum absolute atomic E-state index is 0.0782. The first-order valence-electron chi connectivity index (χ1n) is 10.3. The number of aryl methyl sites for hydroxylation is 4. The first-order valence-corrected chi connectivity index (χ1v) is 10.3. The molecule has 1 aliphatic heterocycles. The van der Waals surface area contributed by atoms with Gasteiger partial charge in [-0.15, -0.1) is 0 Å². The average molecular weight is 384 g/mol. The maximum atomic E-state index is 12.5. The smallest absolute Gasteiger partial charge is 0.238 e. The Morgan fingerprint density at radius 2 is 1.68 bits per heavy atom. The number of rotatable bonds is 7. The summed E-state index contributed by atoms with van der Waals surface area (Å²) < 4.78 is 2.24. The summed E-state index contributed by atoms with van der Waals surface area (Å²) in [5.41, 5.74) is 4.44. The van der Waals surface area contributed by atoms with Crippen molar-refractivity contribution < 1.29 is 4.79 Å². The summed E-state index contributed by atoms with van der Waals surface area (Å²) in [6, 6.07) is 4.23. The molecule has 3 rings (SSSR count). The lowest BCUT2D eigenvalue weighted by Crippen LogP contribution is -2.49. The van der Waals surface area contributed by atoms with Gasteiger partial charge < -0.3 is 9.88 Å². The summed E-state index contributed by atoms with van der Waals surface area (Å²) >= 11 is 0. The van der Waals surface area contributed by atoms with Crippen molar-refractivity contribution >= 4 is 11.6 Å². The standard InChI is InChI=1S/C22H33N5O/c1-5-20-23-6-7-27(20)13-12-25-8-10-26(11-9-25)16-21(28)24-22-18(3)14-17(2)15-19(22)4/h6-7,14-15H,5,8-13,16H2,1-4H3,(H,24,28). The molecule has 0 atom stereocenters. The minimum Gasteiger partial charge on any atom is -0.334 e. The van der Waals surface area contributed by atoms with Crippen LogP contribution in [0, 0.1) is 20.8 Å². The summed E-state index contributed by atoms with van der Waals surface area (Å²) in [6.07, 6.45) is 4.91. The molecular weight excluding hydrogens is 350 g/mol. The molecule has 152 valence electrons. The molecule has 1 aromatic heterocycles. The van der Waals surface area contributed by atoms with Gasteiger partial charge in [-0.25, -0.2) is 4.98 Å². The molecule has 1 amide bonds. The number of piperazine rings is 1. The minimum atomic E-state index is 0.0782. The second-order valence-electron chi connectivity index (χ2n) is 7.83. The largest absolute Gasteiger partial charge is 0.334 e. The van der Waals surface area contributed by atoms with Crippen molar-refractivity contribution in [3.8, 4) is 0 Å². The van der Waals surface area contributed by atoms with E-state index in [1.807, 2.05) is 6.20 Å². The van der Waals surface area contributed by atoms with Crippen LogP contribution in [-0.4, -0.2) is 64.5 Å². The average Bonchev–Trinajstić information content (AvgIpc) is 3.12. The number of anilines is 1. The summed E-state index contributed by atoms with van der Waals surface area (Å²) in [6.45, 7) is 14.7. The topological polar surface area (TPSA) is 53.4 Å². The molecule has 0 bridgehead atoms. The third kappa shape index (κ3) is 5.20. The van der Waals surface area contributed by atoms with Crippen LogP contribution in [0.25, 0.3) is 0 Å². The van der Waals surface area contributed by atoms with Gasteiger partial charge in [-0.3, -0.25) is 14.6 Å². The first kappa shape index (κ1) is 20.6. The summed E-state index contributed by atoms with van der Waals surface area (Å²) in [7, 11) is 0. The molecule has 1 aromatic carbocycles. The number of amides is 1. The molecule has 28 heavy (non-hydrogen) atoms. The van der Waals surface area contributed by atoms with Gasteiger partial charge in [0, 0.05) is 63.8 Å². The van der Waals surface area contributed by atoms with E-state index in [4.69, 9.17) is 0 Å². The van der Waals surface area contributed by atoms with Crippen LogP contribution >= 0.6 is 0 Å². The number of imidazole rings is 1. The molecule has 0 spiro atoms. The van der Waals surface area contributed by atoms with Crippen LogP contribution in [0.4, 0.5) is 5.69 Å². The third-order valence-electron chi connectivity index (χ3n) is 5.55. The van der Waals surface area contributed by atoms with E-state index in [2.05, 4.69) is 70.7 Å². The molecule has 6 nitrogen and oxygen atoms in total. The van der Waals surface area contributed by atoms with Crippen LogP contribution in [-0.2, 0) is 17.8 Å². The summed E-state index contributed by atoms with van der Waals surface area (Å²) in [5.74, 6) is 1.23. The fraction of sp³-hybridized carbons (Fsp3) is 0.545. The van der Waals surface area contributed by atoms with E-state index in [1.54, 1.807) is 0 Å².